The molecule has 5 heteroatoms. The summed E-state index contributed by atoms with van der Waals surface area (Å²) in [5.74, 6) is 0.559. The highest BCUT2D eigenvalue weighted by atomic mass is 16.3. The molecule has 2 heterocycles. The summed E-state index contributed by atoms with van der Waals surface area (Å²) in [7, 11) is 4.14. The van der Waals surface area contributed by atoms with E-state index in [-0.39, 0.29) is 11.9 Å². The van der Waals surface area contributed by atoms with E-state index in [4.69, 9.17) is 4.42 Å². The lowest BCUT2D eigenvalue weighted by molar-refractivity contribution is 0.0586. The summed E-state index contributed by atoms with van der Waals surface area (Å²) < 4.78 is 5.53. The van der Waals surface area contributed by atoms with Crippen molar-refractivity contribution in [1.29, 1.82) is 0 Å². The molecule has 1 aromatic heterocycles. The van der Waals surface area contributed by atoms with Crippen LogP contribution in [0.25, 0.3) is 11.3 Å². The fourth-order valence-corrected chi connectivity index (χ4v) is 3.30. The van der Waals surface area contributed by atoms with E-state index in [0.717, 1.165) is 37.9 Å². The summed E-state index contributed by atoms with van der Waals surface area (Å²) in [5, 5.41) is 0. The number of hydrogen-bond donors (Lipinski definition) is 0. The van der Waals surface area contributed by atoms with E-state index in [1.165, 1.54) is 12.8 Å². The number of hydrogen-bond acceptors (Lipinski definition) is 4. The number of piperidine rings is 1. The van der Waals surface area contributed by atoms with E-state index >= 15 is 0 Å². The number of carbonyl (C=O) groups excluding carboxylic acids is 1. The van der Waals surface area contributed by atoms with Crippen molar-refractivity contribution in [2.45, 2.75) is 31.7 Å². The summed E-state index contributed by atoms with van der Waals surface area (Å²) in [6.07, 6.45) is 5.68. The maximum Gasteiger partial charge on any atom is 0.276 e. The predicted molar refractivity (Wildman–Crippen MR) is 93.8 cm³/mol. The van der Waals surface area contributed by atoms with Crippen molar-refractivity contribution in [2.24, 2.45) is 0 Å². The summed E-state index contributed by atoms with van der Waals surface area (Å²) >= 11 is 0. The molecule has 1 saturated heterocycles. The average Bonchev–Trinajstić information content (AvgIpc) is 3.10. The van der Waals surface area contributed by atoms with Crippen LogP contribution in [0.5, 0.6) is 0 Å². The lowest BCUT2D eigenvalue weighted by Gasteiger charge is -2.36. The second kappa shape index (κ2) is 7.62. The molecule has 0 spiro atoms. The van der Waals surface area contributed by atoms with E-state index in [1.807, 2.05) is 35.2 Å². The van der Waals surface area contributed by atoms with Crippen molar-refractivity contribution in [1.82, 2.24) is 14.8 Å². The molecule has 0 bridgehead atoms. The Morgan fingerprint density at radius 2 is 2.08 bits per heavy atom. The fourth-order valence-electron chi connectivity index (χ4n) is 3.30. The van der Waals surface area contributed by atoms with Gasteiger partial charge in [-0.1, -0.05) is 30.3 Å². The van der Waals surface area contributed by atoms with Gasteiger partial charge in [0.15, 0.2) is 17.8 Å². The molecule has 0 saturated carbocycles. The second-order valence-electron chi connectivity index (χ2n) is 6.64. The minimum absolute atomic E-state index is 0.00828. The zero-order valence-corrected chi connectivity index (χ0v) is 14.4. The second-order valence-corrected chi connectivity index (χ2v) is 6.64. The van der Waals surface area contributed by atoms with Crippen molar-refractivity contribution < 1.29 is 9.21 Å². The summed E-state index contributed by atoms with van der Waals surface area (Å²) in [6.45, 7) is 1.79. The molecule has 1 fully saturated rings. The van der Waals surface area contributed by atoms with Crippen molar-refractivity contribution in [3.63, 3.8) is 0 Å². The highest BCUT2D eigenvalue weighted by Gasteiger charge is 2.30. The third-order valence-electron chi connectivity index (χ3n) is 4.60. The first-order chi connectivity index (χ1) is 11.7. The number of likely N-dealkylation sites (tertiary alicyclic amines) is 1. The number of carbonyl (C=O) groups is 1. The van der Waals surface area contributed by atoms with Crippen LogP contribution in [0.3, 0.4) is 0 Å². The van der Waals surface area contributed by atoms with Gasteiger partial charge in [0.1, 0.15) is 0 Å². The molecule has 1 aliphatic rings. The number of aromatic nitrogens is 1. The molecule has 0 N–H and O–H groups in total. The minimum atomic E-state index is -0.00828. The van der Waals surface area contributed by atoms with Gasteiger partial charge in [-0.15, -0.1) is 0 Å². The summed E-state index contributed by atoms with van der Waals surface area (Å²) in [6, 6.07) is 9.99. The van der Waals surface area contributed by atoms with Crippen LogP contribution in [0.15, 0.2) is 41.1 Å². The van der Waals surface area contributed by atoms with Crippen LogP contribution in [0.4, 0.5) is 0 Å². The zero-order chi connectivity index (χ0) is 16.9. The Balaban J connectivity index is 1.81. The first kappa shape index (κ1) is 16.7. The molecule has 1 aromatic carbocycles. The van der Waals surface area contributed by atoms with E-state index in [1.54, 1.807) is 0 Å². The Hall–Kier alpha value is -2.14. The Kier molecular flexibility index (Phi) is 5.30. The molecule has 0 aliphatic carbocycles. The normalized spacial score (nSPS) is 18.1. The van der Waals surface area contributed by atoms with Gasteiger partial charge >= 0.3 is 0 Å². The largest absolute Gasteiger partial charge is 0.443 e. The van der Waals surface area contributed by atoms with Gasteiger partial charge in [0, 0.05) is 18.2 Å². The standard InChI is InChI=1S/C19H25N3O2/c1-21(2)13-11-16-10-6-7-12-22(16)19(23)17-18(24-14-20-17)15-8-4-3-5-9-15/h3-5,8-9,14,16H,6-7,10-13H2,1-2H3. The number of nitrogens with zero attached hydrogens (tertiary/aromatic N) is 3. The van der Waals surface area contributed by atoms with Crippen molar-refractivity contribution in [2.75, 3.05) is 27.2 Å². The SMILES string of the molecule is CN(C)CCC1CCCCN1C(=O)c1ncoc1-c1ccccc1. The third kappa shape index (κ3) is 3.67. The van der Waals surface area contributed by atoms with Crippen LogP contribution in [0.2, 0.25) is 0 Å². The first-order valence-corrected chi connectivity index (χ1v) is 8.61. The van der Waals surface area contributed by atoms with E-state index in [0.29, 0.717) is 11.5 Å². The monoisotopic (exact) mass is 327 g/mol. The van der Waals surface area contributed by atoms with Crippen LogP contribution in [-0.2, 0) is 0 Å². The average molecular weight is 327 g/mol. The molecular weight excluding hydrogens is 302 g/mol. The fraction of sp³-hybridized carbons (Fsp3) is 0.474. The summed E-state index contributed by atoms with van der Waals surface area (Å²) in [4.78, 5) is 21.5. The van der Waals surface area contributed by atoms with Gasteiger partial charge in [-0.25, -0.2) is 4.98 Å². The number of benzene rings is 1. The zero-order valence-electron chi connectivity index (χ0n) is 14.4. The van der Waals surface area contributed by atoms with Crippen LogP contribution >= 0.6 is 0 Å². The lowest BCUT2D eigenvalue weighted by atomic mass is 9.98. The molecule has 1 amide bonds. The maximum absolute atomic E-state index is 13.1. The Morgan fingerprint density at radius 1 is 1.29 bits per heavy atom. The van der Waals surface area contributed by atoms with Gasteiger partial charge in [0.2, 0.25) is 0 Å². The quantitative estimate of drug-likeness (QED) is 0.845. The predicted octanol–water partition coefficient (Wildman–Crippen LogP) is 3.29. The van der Waals surface area contributed by atoms with Gasteiger partial charge < -0.3 is 14.2 Å². The molecule has 5 nitrogen and oxygen atoms in total. The van der Waals surface area contributed by atoms with Crippen LogP contribution in [0.1, 0.15) is 36.2 Å². The Bertz CT molecular complexity index is 666. The van der Waals surface area contributed by atoms with Gasteiger partial charge in [0.25, 0.3) is 5.91 Å². The topological polar surface area (TPSA) is 49.6 Å². The summed E-state index contributed by atoms with van der Waals surface area (Å²) in [5.41, 5.74) is 1.32. The highest BCUT2D eigenvalue weighted by molar-refractivity contribution is 5.97. The molecule has 128 valence electrons. The van der Waals surface area contributed by atoms with E-state index < -0.39 is 0 Å². The van der Waals surface area contributed by atoms with Crippen molar-refractivity contribution in [3.8, 4) is 11.3 Å². The number of rotatable bonds is 5. The van der Waals surface area contributed by atoms with E-state index in [2.05, 4.69) is 24.0 Å². The van der Waals surface area contributed by atoms with Crippen LogP contribution in [0, 0.1) is 0 Å². The minimum Gasteiger partial charge on any atom is -0.443 e. The van der Waals surface area contributed by atoms with Gasteiger partial charge in [-0.2, -0.15) is 0 Å². The Morgan fingerprint density at radius 3 is 2.83 bits per heavy atom. The lowest BCUT2D eigenvalue weighted by Crippen LogP contribution is -2.45. The molecular formula is C19H25N3O2. The van der Waals surface area contributed by atoms with Crippen molar-refractivity contribution >= 4 is 5.91 Å². The molecule has 1 atom stereocenters. The molecule has 0 radical (unpaired) electrons. The molecule has 2 aromatic rings. The molecule has 24 heavy (non-hydrogen) atoms. The molecule has 1 unspecified atom stereocenters. The van der Waals surface area contributed by atoms with Gasteiger partial charge in [-0.3, -0.25) is 4.79 Å². The number of oxazole rings is 1. The van der Waals surface area contributed by atoms with E-state index in [9.17, 15) is 4.79 Å². The number of amides is 1. The Labute approximate surface area is 143 Å². The van der Waals surface area contributed by atoms with Gasteiger partial charge in [-0.05, 0) is 46.3 Å². The highest BCUT2D eigenvalue weighted by Crippen LogP contribution is 2.27. The first-order valence-electron chi connectivity index (χ1n) is 8.61. The van der Waals surface area contributed by atoms with Crippen LogP contribution in [-0.4, -0.2) is 53.9 Å². The van der Waals surface area contributed by atoms with Gasteiger partial charge in [0.05, 0.1) is 0 Å². The third-order valence-corrected chi connectivity index (χ3v) is 4.60. The smallest absolute Gasteiger partial charge is 0.276 e. The molecule has 3 rings (SSSR count). The van der Waals surface area contributed by atoms with Crippen LogP contribution < -0.4 is 0 Å². The molecule has 1 aliphatic heterocycles. The maximum atomic E-state index is 13.1. The van der Waals surface area contributed by atoms with Crippen molar-refractivity contribution in [3.05, 3.63) is 42.4 Å².